The summed E-state index contributed by atoms with van der Waals surface area (Å²) in [5, 5.41) is 0. The molecule has 0 heterocycles. The SMILES string of the molecule is COC(=O)/C=C(\CN(Cc1ccccc1)Cc1ccccc1)OC. The van der Waals surface area contributed by atoms with Crippen molar-refractivity contribution in [2.24, 2.45) is 0 Å². The first-order chi connectivity index (χ1) is 11.7. The van der Waals surface area contributed by atoms with Gasteiger partial charge in [-0.25, -0.2) is 4.79 Å². The van der Waals surface area contributed by atoms with Crippen LogP contribution in [0, 0.1) is 0 Å². The Morgan fingerprint density at radius 3 is 1.79 bits per heavy atom. The molecule has 126 valence electrons. The summed E-state index contributed by atoms with van der Waals surface area (Å²) in [5.41, 5.74) is 2.42. The highest BCUT2D eigenvalue weighted by atomic mass is 16.5. The van der Waals surface area contributed by atoms with Gasteiger partial charge in [-0.05, 0) is 11.1 Å². The Labute approximate surface area is 143 Å². The Morgan fingerprint density at radius 2 is 1.38 bits per heavy atom. The van der Waals surface area contributed by atoms with Gasteiger partial charge in [-0.1, -0.05) is 60.7 Å². The van der Waals surface area contributed by atoms with Crippen LogP contribution < -0.4 is 0 Å². The summed E-state index contributed by atoms with van der Waals surface area (Å²) in [7, 11) is 2.93. The van der Waals surface area contributed by atoms with E-state index in [-0.39, 0.29) is 0 Å². The Kier molecular flexibility index (Phi) is 7.05. The fraction of sp³-hybridized carbons (Fsp3) is 0.250. The first kappa shape index (κ1) is 17.8. The molecule has 0 radical (unpaired) electrons. The molecule has 4 heteroatoms. The third-order valence-corrected chi connectivity index (χ3v) is 3.62. The van der Waals surface area contributed by atoms with Crippen LogP contribution in [-0.4, -0.2) is 31.6 Å². The minimum Gasteiger partial charge on any atom is -0.499 e. The number of ether oxygens (including phenoxy) is 2. The first-order valence-electron chi connectivity index (χ1n) is 7.84. The van der Waals surface area contributed by atoms with E-state index >= 15 is 0 Å². The number of hydrogen-bond donors (Lipinski definition) is 0. The predicted molar refractivity (Wildman–Crippen MR) is 94.1 cm³/mol. The molecule has 2 aromatic carbocycles. The Bertz CT molecular complexity index is 612. The van der Waals surface area contributed by atoms with Crippen molar-refractivity contribution in [2.45, 2.75) is 13.1 Å². The number of benzene rings is 2. The highest BCUT2D eigenvalue weighted by Gasteiger charge is 2.12. The van der Waals surface area contributed by atoms with E-state index in [1.807, 2.05) is 36.4 Å². The summed E-state index contributed by atoms with van der Waals surface area (Å²) in [6.07, 6.45) is 1.39. The summed E-state index contributed by atoms with van der Waals surface area (Å²) in [6, 6.07) is 20.5. The monoisotopic (exact) mass is 325 g/mol. The highest BCUT2D eigenvalue weighted by Crippen LogP contribution is 2.12. The highest BCUT2D eigenvalue weighted by molar-refractivity contribution is 5.82. The van der Waals surface area contributed by atoms with Gasteiger partial charge >= 0.3 is 5.97 Å². The second kappa shape index (κ2) is 9.53. The van der Waals surface area contributed by atoms with E-state index in [1.54, 1.807) is 7.11 Å². The zero-order valence-electron chi connectivity index (χ0n) is 14.1. The molecule has 0 aromatic heterocycles. The molecule has 2 aromatic rings. The maximum Gasteiger partial charge on any atom is 0.333 e. The molecule has 0 spiro atoms. The molecule has 2 rings (SSSR count). The summed E-state index contributed by atoms with van der Waals surface area (Å²) >= 11 is 0. The van der Waals surface area contributed by atoms with E-state index in [9.17, 15) is 4.79 Å². The normalized spacial score (nSPS) is 11.4. The number of carbonyl (C=O) groups is 1. The van der Waals surface area contributed by atoms with Gasteiger partial charge in [0, 0.05) is 13.1 Å². The van der Waals surface area contributed by atoms with Gasteiger partial charge in [0.05, 0.1) is 26.8 Å². The lowest BCUT2D eigenvalue weighted by atomic mass is 10.1. The first-order valence-corrected chi connectivity index (χ1v) is 7.84. The van der Waals surface area contributed by atoms with Crippen LogP contribution in [0.1, 0.15) is 11.1 Å². The van der Waals surface area contributed by atoms with Crippen molar-refractivity contribution < 1.29 is 14.3 Å². The van der Waals surface area contributed by atoms with Crippen LogP contribution in [0.4, 0.5) is 0 Å². The van der Waals surface area contributed by atoms with Gasteiger partial charge in [0.1, 0.15) is 5.76 Å². The molecule has 0 fully saturated rings. The zero-order chi connectivity index (χ0) is 17.2. The maximum absolute atomic E-state index is 11.5. The van der Waals surface area contributed by atoms with Gasteiger partial charge in [0.2, 0.25) is 0 Å². The lowest BCUT2D eigenvalue weighted by molar-refractivity contribution is -0.135. The Morgan fingerprint density at radius 1 is 0.875 bits per heavy atom. The van der Waals surface area contributed by atoms with Crippen molar-refractivity contribution in [1.82, 2.24) is 4.90 Å². The molecule has 24 heavy (non-hydrogen) atoms. The fourth-order valence-corrected chi connectivity index (χ4v) is 2.43. The lowest BCUT2D eigenvalue weighted by Crippen LogP contribution is -2.26. The zero-order valence-corrected chi connectivity index (χ0v) is 14.1. The van der Waals surface area contributed by atoms with Gasteiger partial charge in [0.15, 0.2) is 0 Å². The molecule has 0 amide bonds. The quantitative estimate of drug-likeness (QED) is 0.424. The molecule has 0 bridgehead atoms. The molecule has 0 aliphatic rings. The van der Waals surface area contributed by atoms with E-state index < -0.39 is 5.97 Å². The predicted octanol–water partition coefficient (Wildman–Crippen LogP) is 3.39. The van der Waals surface area contributed by atoms with Crippen LogP contribution in [0.3, 0.4) is 0 Å². The number of esters is 1. The summed E-state index contributed by atoms with van der Waals surface area (Å²) in [4.78, 5) is 13.7. The molecule has 4 nitrogen and oxygen atoms in total. The number of carbonyl (C=O) groups excluding carboxylic acids is 1. The molecule has 0 saturated heterocycles. The Balaban J connectivity index is 2.15. The van der Waals surface area contributed by atoms with Gasteiger partial charge < -0.3 is 9.47 Å². The third-order valence-electron chi connectivity index (χ3n) is 3.62. The number of hydrogen-bond acceptors (Lipinski definition) is 4. The summed E-state index contributed by atoms with van der Waals surface area (Å²) in [6.45, 7) is 2.05. The second-order valence-electron chi connectivity index (χ2n) is 5.45. The molecule has 0 unspecified atom stereocenters. The molecule has 0 aliphatic heterocycles. The number of nitrogens with zero attached hydrogens (tertiary/aromatic N) is 1. The molecular weight excluding hydrogens is 302 g/mol. The van der Waals surface area contributed by atoms with Gasteiger partial charge in [-0.15, -0.1) is 0 Å². The number of rotatable bonds is 8. The van der Waals surface area contributed by atoms with Crippen molar-refractivity contribution in [3.63, 3.8) is 0 Å². The van der Waals surface area contributed by atoms with E-state index in [2.05, 4.69) is 33.9 Å². The second-order valence-corrected chi connectivity index (χ2v) is 5.45. The van der Waals surface area contributed by atoms with Crippen molar-refractivity contribution in [2.75, 3.05) is 20.8 Å². The van der Waals surface area contributed by atoms with E-state index in [0.717, 1.165) is 13.1 Å². The average Bonchev–Trinajstić information content (AvgIpc) is 2.62. The van der Waals surface area contributed by atoms with Crippen LogP contribution in [-0.2, 0) is 27.4 Å². The molecular formula is C20H23NO3. The Hall–Kier alpha value is -2.59. The molecule has 0 N–H and O–H groups in total. The van der Waals surface area contributed by atoms with E-state index in [0.29, 0.717) is 12.3 Å². The van der Waals surface area contributed by atoms with E-state index in [4.69, 9.17) is 4.74 Å². The van der Waals surface area contributed by atoms with Crippen molar-refractivity contribution in [3.8, 4) is 0 Å². The van der Waals surface area contributed by atoms with Crippen LogP contribution in [0.5, 0.6) is 0 Å². The smallest absolute Gasteiger partial charge is 0.333 e. The topological polar surface area (TPSA) is 38.8 Å². The van der Waals surface area contributed by atoms with Crippen molar-refractivity contribution in [1.29, 1.82) is 0 Å². The summed E-state index contributed by atoms with van der Waals surface area (Å²) in [5.74, 6) is 0.167. The van der Waals surface area contributed by atoms with Crippen molar-refractivity contribution in [3.05, 3.63) is 83.6 Å². The standard InChI is InChI=1S/C20H23NO3/c1-23-19(13-20(22)24-2)16-21(14-17-9-5-3-6-10-17)15-18-11-7-4-8-12-18/h3-13H,14-16H2,1-2H3/b19-13+. The average molecular weight is 325 g/mol. The van der Waals surface area contributed by atoms with Gasteiger partial charge in [-0.2, -0.15) is 0 Å². The molecule has 0 aliphatic carbocycles. The molecule has 0 atom stereocenters. The number of methoxy groups -OCH3 is 2. The van der Waals surface area contributed by atoms with Gasteiger partial charge in [0.25, 0.3) is 0 Å². The van der Waals surface area contributed by atoms with E-state index in [1.165, 1.54) is 24.3 Å². The largest absolute Gasteiger partial charge is 0.499 e. The summed E-state index contributed by atoms with van der Waals surface area (Å²) < 4.78 is 10.0. The van der Waals surface area contributed by atoms with Crippen LogP contribution in [0.15, 0.2) is 72.5 Å². The minimum atomic E-state index is -0.411. The fourth-order valence-electron chi connectivity index (χ4n) is 2.43. The van der Waals surface area contributed by atoms with Crippen LogP contribution >= 0.6 is 0 Å². The van der Waals surface area contributed by atoms with Crippen LogP contribution in [0.2, 0.25) is 0 Å². The maximum atomic E-state index is 11.5. The van der Waals surface area contributed by atoms with Crippen molar-refractivity contribution >= 4 is 5.97 Å². The van der Waals surface area contributed by atoms with Gasteiger partial charge in [-0.3, -0.25) is 4.90 Å². The molecule has 0 saturated carbocycles. The van der Waals surface area contributed by atoms with Crippen LogP contribution in [0.25, 0.3) is 0 Å². The minimum absolute atomic E-state index is 0.411. The lowest BCUT2D eigenvalue weighted by Gasteiger charge is -2.23. The third kappa shape index (κ3) is 5.89.